The Balaban J connectivity index is 1.71. The highest BCUT2D eigenvalue weighted by atomic mass is 79.9. The van der Waals surface area contributed by atoms with Crippen LogP contribution >= 0.6 is 27.7 Å². The second-order valence-corrected chi connectivity index (χ2v) is 9.97. The number of halogens is 2. The lowest BCUT2D eigenvalue weighted by molar-refractivity contribution is -0.113. The van der Waals surface area contributed by atoms with Gasteiger partial charge in [0.25, 0.3) is 5.91 Å². The lowest BCUT2D eigenvalue weighted by Gasteiger charge is -2.22. The maximum Gasteiger partial charge on any atom is 0.251 e. The Morgan fingerprint density at radius 3 is 2.47 bits per heavy atom. The van der Waals surface area contributed by atoms with Crippen LogP contribution in [0.5, 0.6) is 0 Å². The topological polar surface area (TPSA) is 88.9 Å². The number of carbonyl (C=O) groups is 2. The van der Waals surface area contributed by atoms with E-state index in [4.69, 9.17) is 0 Å². The molecule has 3 aromatic rings. The molecule has 0 bridgehead atoms. The van der Waals surface area contributed by atoms with Gasteiger partial charge >= 0.3 is 0 Å². The number of aryl methyl sites for hydroxylation is 1. The van der Waals surface area contributed by atoms with Crippen LogP contribution in [0.3, 0.4) is 0 Å². The normalized spacial score (nSPS) is 12.0. The number of hydrogen-bond acceptors (Lipinski definition) is 5. The van der Waals surface area contributed by atoms with Crippen molar-refractivity contribution >= 4 is 45.2 Å². The summed E-state index contributed by atoms with van der Waals surface area (Å²) in [7, 11) is 0. The number of amides is 2. The number of rotatable bonds is 9. The molecule has 7 nitrogen and oxygen atoms in total. The number of aromatic nitrogens is 3. The maximum atomic E-state index is 14.0. The third-order valence-electron chi connectivity index (χ3n) is 5.14. The van der Waals surface area contributed by atoms with Gasteiger partial charge < -0.3 is 15.2 Å². The molecule has 180 valence electrons. The van der Waals surface area contributed by atoms with Crippen LogP contribution in [0.15, 0.2) is 52.1 Å². The zero-order valence-corrected chi connectivity index (χ0v) is 21.8. The van der Waals surface area contributed by atoms with E-state index in [1.54, 1.807) is 18.2 Å². The Kier molecular flexibility index (Phi) is 8.84. The van der Waals surface area contributed by atoms with Crippen molar-refractivity contribution < 1.29 is 14.0 Å². The molecule has 2 amide bonds. The van der Waals surface area contributed by atoms with Gasteiger partial charge in [-0.15, -0.1) is 10.2 Å². The first kappa shape index (κ1) is 25.9. The summed E-state index contributed by atoms with van der Waals surface area (Å²) >= 11 is 4.40. The van der Waals surface area contributed by atoms with Crippen LogP contribution in [0.1, 0.15) is 48.6 Å². The van der Waals surface area contributed by atoms with Crippen molar-refractivity contribution in [2.75, 3.05) is 11.1 Å². The Morgan fingerprint density at radius 2 is 1.85 bits per heavy atom. The van der Waals surface area contributed by atoms with Crippen LogP contribution in [-0.2, 0) is 11.3 Å². The third kappa shape index (κ3) is 6.44. The molecule has 1 atom stereocenters. The van der Waals surface area contributed by atoms with Gasteiger partial charge in [0, 0.05) is 16.6 Å². The molecule has 10 heteroatoms. The summed E-state index contributed by atoms with van der Waals surface area (Å²) in [5, 5.41) is 14.8. The minimum absolute atomic E-state index is 0.0374. The molecular weight excluding hydrogens is 521 g/mol. The van der Waals surface area contributed by atoms with E-state index in [1.165, 1.54) is 23.9 Å². The largest absolute Gasteiger partial charge is 0.342 e. The summed E-state index contributed by atoms with van der Waals surface area (Å²) in [5.74, 6) is -0.336. The van der Waals surface area contributed by atoms with Crippen molar-refractivity contribution in [2.24, 2.45) is 5.92 Å². The fraction of sp³-hybridized carbons (Fsp3) is 0.333. The Labute approximate surface area is 211 Å². The number of hydrogen-bond donors (Lipinski definition) is 2. The summed E-state index contributed by atoms with van der Waals surface area (Å²) < 4.78 is 16.5. The first-order chi connectivity index (χ1) is 16.2. The molecular formula is C24H27BrFN5O2S. The predicted octanol–water partition coefficient (Wildman–Crippen LogP) is 5.37. The zero-order valence-electron chi connectivity index (χ0n) is 19.4. The molecule has 1 aromatic heterocycles. The van der Waals surface area contributed by atoms with Gasteiger partial charge in [-0.2, -0.15) is 0 Å². The van der Waals surface area contributed by atoms with Crippen molar-refractivity contribution in [2.45, 2.75) is 45.4 Å². The van der Waals surface area contributed by atoms with Gasteiger partial charge in [0.1, 0.15) is 5.82 Å². The number of nitrogens with zero attached hydrogens (tertiary/aromatic N) is 3. The van der Waals surface area contributed by atoms with E-state index in [2.05, 4.69) is 36.8 Å². The van der Waals surface area contributed by atoms with Gasteiger partial charge in [0.05, 0.1) is 17.5 Å². The Bertz CT molecular complexity index is 1170. The summed E-state index contributed by atoms with van der Waals surface area (Å²) in [6.07, 6.45) is 0. The monoisotopic (exact) mass is 547 g/mol. The van der Waals surface area contributed by atoms with Crippen LogP contribution in [0.25, 0.3) is 0 Å². The fourth-order valence-electron chi connectivity index (χ4n) is 3.30. The molecule has 0 saturated carbocycles. The molecule has 0 spiro atoms. The van der Waals surface area contributed by atoms with Gasteiger partial charge in [0.2, 0.25) is 5.91 Å². The van der Waals surface area contributed by atoms with E-state index in [-0.39, 0.29) is 35.2 Å². The lowest BCUT2D eigenvalue weighted by Crippen LogP contribution is -2.33. The van der Waals surface area contributed by atoms with Crippen molar-refractivity contribution in [3.8, 4) is 0 Å². The highest BCUT2D eigenvalue weighted by molar-refractivity contribution is 9.10. The van der Waals surface area contributed by atoms with Crippen molar-refractivity contribution in [1.29, 1.82) is 0 Å². The molecule has 0 radical (unpaired) electrons. The van der Waals surface area contributed by atoms with Crippen LogP contribution < -0.4 is 10.6 Å². The summed E-state index contributed by atoms with van der Waals surface area (Å²) in [6, 6.07) is 11.5. The van der Waals surface area contributed by atoms with E-state index in [1.807, 2.05) is 44.4 Å². The Hall–Kier alpha value is -2.72. The first-order valence-electron chi connectivity index (χ1n) is 10.9. The van der Waals surface area contributed by atoms with Crippen LogP contribution in [0.2, 0.25) is 0 Å². The summed E-state index contributed by atoms with van der Waals surface area (Å²) in [4.78, 5) is 25.2. The average molecular weight is 548 g/mol. The van der Waals surface area contributed by atoms with Gasteiger partial charge in [-0.1, -0.05) is 59.2 Å². The highest BCUT2D eigenvalue weighted by Crippen LogP contribution is 2.26. The molecule has 0 saturated heterocycles. The van der Waals surface area contributed by atoms with Crippen LogP contribution in [-0.4, -0.2) is 32.3 Å². The highest BCUT2D eigenvalue weighted by Gasteiger charge is 2.26. The van der Waals surface area contributed by atoms with Crippen LogP contribution in [0, 0.1) is 18.7 Å². The van der Waals surface area contributed by atoms with E-state index < -0.39 is 5.82 Å². The van der Waals surface area contributed by atoms with E-state index >= 15 is 0 Å². The van der Waals surface area contributed by atoms with Gasteiger partial charge in [-0.25, -0.2) is 4.39 Å². The minimum Gasteiger partial charge on any atom is -0.342 e. The van der Waals surface area contributed by atoms with E-state index in [0.717, 1.165) is 5.56 Å². The third-order valence-corrected chi connectivity index (χ3v) is 6.60. The number of nitrogens with one attached hydrogen (secondary N) is 2. The molecule has 0 aliphatic heterocycles. The number of carbonyl (C=O) groups excluding carboxylic acids is 2. The zero-order chi connectivity index (χ0) is 24.8. The smallest absolute Gasteiger partial charge is 0.251 e. The molecule has 1 heterocycles. The number of benzene rings is 2. The standard InChI is InChI=1S/C24H27BrFN5O2S/c1-5-31-22(21(14(2)3)28-23(33)16-8-6-15(4)7-9-16)29-30-24(31)34-13-20(32)27-19-11-10-17(25)12-18(19)26/h6-12,14,21H,5,13H2,1-4H3,(H,27,32)(H,28,33)/t21-/m0/s1. The lowest BCUT2D eigenvalue weighted by atomic mass is 10.0. The molecule has 2 aromatic carbocycles. The van der Waals surface area contributed by atoms with E-state index in [9.17, 15) is 14.0 Å². The molecule has 3 rings (SSSR count). The number of thioether (sulfide) groups is 1. The second-order valence-electron chi connectivity index (χ2n) is 8.11. The molecule has 0 unspecified atom stereocenters. The van der Waals surface area contributed by atoms with Crippen molar-refractivity contribution in [1.82, 2.24) is 20.1 Å². The molecule has 0 aliphatic carbocycles. The predicted molar refractivity (Wildman–Crippen MR) is 135 cm³/mol. The SMILES string of the molecule is CCn1c(SCC(=O)Nc2ccc(Br)cc2F)nnc1[C@@H](NC(=O)c1ccc(C)cc1)C(C)C. The molecule has 34 heavy (non-hydrogen) atoms. The quantitative estimate of drug-likeness (QED) is 0.352. The van der Waals surface area contributed by atoms with E-state index in [0.29, 0.717) is 27.6 Å². The molecule has 0 aliphatic rings. The van der Waals surface area contributed by atoms with Gasteiger partial charge in [-0.05, 0) is 50.1 Å². The summed E-state index contributed by atoms with van der Waals surface area (Å²) in [6.45, 7) is 8.49. The fourth-order valence-corrected chi connectivity index (χ4v) is 4.44. The first-order valence-corrected chi connectivity index (χ1v) is 12.7. The summed E-state index contributed by atoms with van der Waals surface area (Å²) in [5.41, 5.74) is 1.77. The second kappa shape index (κ2) is 11.6. The average Bonchev–Trinajstić information content (AvgIpc) is 3.20. The van der Waals surface area contributed by atoms with Gasteiger partial charge in [-0.3, -0.25) is 9.59 Å². The van der Waals surface area contributed by atoms with Crippen molar-refractivity contribution in [3.05, 3.63) is 69.7 Å². The minimum atomic E-state index is -0.518. The maximum absolute atomic E-state index is 14.0. The molecule has 2 N–H and O–H groups in total. The van der Waals surface area contributed by atoms with Gasteiger partial charge in [0.15, 0.2) is 11.0 Å². The van der Waals surface area contributed by atoms with Crippen molar-refractivity contribution in [3.63, 3.8) is 0 Å². The van der Waals surface area contributed by atoms with Crippen LogP contribution in [0.4, 0.5) is 10.1 Å². The Morgan fingerprint density at radius 1 is 1.15 bits per heavy atom. The molecule has 0 fully saturated rings. The number of anilines is 1.